The summed E-state index contributed by atoms with van der Waals surface area (Å²) in [6.07, 6.45) is 4.14. The number of aryl methyl sites for hydroxylation is 2. The Morgan fingerprint density at radius 1 is 1.07 bits per heavy atom. The number of amides is 1. The van der Waals surface area contributed by atoms with Gasteiger partial charge in [-0.25, -0.2) is 0 Å². The van der Waals surface area contributed by atoms with Crippen LogP contribution in [0.3, 0.4) is 0 Å². The Morgan fingerprint density at radius 2 is 1.80 bits per heavy atom. The van der Waals surface area contributed by atoms with E-state index in [9.17, 15) is 9.59 Å². The number of hydrogen-bond donors (Lipinski definition) is 0. The minimum Gasteiger partial charge on any atom is -0.426 e. The van der Waals surface area contributed by atoms with Crippen LogP contribution in [0.1, 0.15) is 52.7 Å². The Kier molecular flexibility index (Phi) is 5.37. The average molecular weight is 405 g/mol. The van der Waals surface area contributed by atoms with Crippen LogP contribution in [0.25, 0.3) is 10.9 Å². The number of aromatic nitrogens is 1. The zero-order chi connectivity index (χ0) is 21.4. The molecule has 156 valence electrons. The van der Waals surface area contributed by atoms with E-state index in [0.29, 0.717) is 22.8 Å². The van der Waals surface area contributed by atoms with Crippen LogP contribution in [0, 0.1) is 13.8 Å². The van der Waals surface area contributed by atoms with Gasteiger partial charge in [0.1, 0.15) is 5.75 Å². The van der Waals surface area contributed by atoms with Gasteiger partial charge in [0.2, 0.25) is 0 Å². The number of hydrogen-bond acceptors (Lipinski definition) is 3. The highest BCUT2D eigenvalue weighted by Crippen LogP contribution is 2.35. The van der Waals surface area contributed by atoms with Crippen molar-refractivity contribution in [1.29, 1.82) is 0 Å². The summed E-state index contributed by atoms with van der Waals surface area (Å²) in [5.74, 6) is 0.532. The molecule has 1 aliphatic rings. The SMILES string of the molecule is CC(=O)Oc1cccc(C(=O)N2CCC(c3cn(C)c4ccc(C)cc34)CC2)c1C. The molecule has 1 amide bonds. The van der Waals surface area contributed by atoms with E-state index in [1.807, 2.05) is 17.9 Å². The van der Waals surface area contributed by atoms with E-state index in [0.717, 1.165) is 25.9 Å². The second kappa shape index (κ2) is 7.98. The molecule has 30 heavy (non-hydrogen) atoms. The summed E-state index contributed by atoms with van der Waals surface area (Å²) >= 11 is 0. The highest BCUT2D eigenvalue weighted by Gasteiger charge is 2.27. The second-order valence-electron chi connectivity index (χ2n) is 8.30. The normalized spacial score (nSPS) is 14.9. The fourth-order valence-corrected chi connectivity index (χ4v) is 4.54. The summed E-state index contributed by atoms with van der Waals surface area (Å²) in [5.41, 5.74) is 5.23. The fourth-order valence-electron chi connectivity index (χ4n) is 4.54. The van der Waals surface area contributed by atoms with Gasteiger partial charge in [0.05, 0.1) is 0 Å². The summed E-state index contributed by atoms with van der Waals surface area (Å²) < 4.78 is 7.44. The van der Waals surface area contributed by atoms with Crippen molar-refractivity contribution in [2.24, 2.45) is 7.05 Å². The molecule has 0 bridgehead atoms. The van der Waals surface area contributed by atoms with Crippen molar-refractivity contribution < 1.29 is 14.3 Å². The van der Waals surface area contributed by atoms with Crippen LogP contribution in [0.4, 0.5) is 0 Å². The Bertz CT molecular complexity index is 1120. The van der Waals surface area contributed by atoms with Crippen LogP contribution in [0.2, 0.25) is 0 Å². The number of piperidine rings is 1. The lowest BCUT2D eigenvalue weighted by atomic mass is 9.88. The highest BCUT2D eigenvalue weighted by atomic mass is 16.5. The van der Waals surface area contributed by atoms with Gasteiger partial charge in [-0.1, -0.05) is 17.7 Å². The quantitative estimate of drug-likeness (QED) is 0.468. The fraction of sp³-hybridized carbons (Fsp3) is 0.360. The lowest BCUT2D eigenvalue weighted by Gasteiger charge is -2.32. The van der Waals surface area contributed by atoms with Crippen molar-refractivity contribution in [3.05, 3.63) is 64.8 Å². The topological polar surface area (TPSA) is 51.5 Å². The van der Waals surface area contributed by atoms with Gasteiger partial charge in [-0.3, -0.25) is 9.59 Å². The summed E-state index contributed by atoms with van der Waals surface area (Å²) in [7, 11) is 2.10. The lowest BCUT2D eigenvalue weighted by molar-refractivity contribution is -0.131. The molecule has 0 spiro atoms. The molecule has 5 heteroatoms. The second-order valence-corrected chi connectivity index (χ2v) is 8.30. The van der Waals surface area contributed by atoms with Crippen LogP contribution in [-0.4, -0.2) is 34.4 Å². The maximum absolute atomic E-state index is 13.1. The van der Waals surface area contributed by atoms with Crippen molar-refractivity contribution in [2.75, 3.05) is 13.1 Å². The van der Waals surface area contributed by atoms with E-state index in [2.05, 4.69) is 42.9 Å². The Labute approximate surface area is 177 Å². The number of rotatable bonds is 3. The van der Waals surface area contributed by atoms with Gasteiger partial charge in [0, 0.05) is 55.3 Å². The van der Waals surface area contributed by atoms with Crippen LogP contribution < -0.4 is 4.74 Å². The molecule has 3 aromatic rings. The van der Waals surface area contributed by atoms with Crippen molar-refractivity contribution >= 4 is 22.8 Å². The third-order valence-corrected chi connectivity index (χ3v) is 6.17. The van der Waals surface area contributed by atoms with Crippen molar-refractivity contribution in [2.45, 2.75) is 39.5 Å². The number of ether oxygens (including phenoxy) is 1. The molecular formula is C25H28N2O3. The van der Waals surface area contributed by atoms with E-state index in [4.69, 9.17) is 4.74 Å². The van der Waals surface area contributed by atoms with Crippen molar-refractivity contribution in [3.63, 3.8) is 0 Å². The third kappa shape index (κ3) is 3.72. The molecule has 2 heterocycles. The lowest BCUT2D eigenvalue weighted by Crippen LogP contribution is -2.38. The van der Waals surface area contributed by atoms with Gasteiger partial charge in [0.15, 0.2) is 0 Å². The molecule has 1 aromatic heterocycles. The number of fused-ring (bicyclic) bond motifs is 1. The van der Waals surface area contributed by atoms with Crippen LogP contribution in [0.15, 0.2) is 42.6 Å². The van der Waals surface area contributed by atoms with E-state index in [1.165, 1.54) is 29.0 Å². The van der Waals surface area contributed by atoms with Crippen molar-refractivity contribution in [3.8, 4) is 5.75 Å². The monoisotopic (exact) mass is 404 g/mol. The number of esters is 1. The van der Waals surface area contributed by atoms with Gasteiger partial charge in [-0.15, -0.1) is 0 Å². The van der Waals surface area contributed by atoms with Gasteiger partial charge in [-0.2, -0.15) is 0 Å². The van der Waals surface area contributed by atoms with E-state index in [-0.39, 0.29) is 11.9 Å². The predicted octanol–water partition coefficient (Wildman–Crippen LogP) is 4.74. The van der Waals surface area contributed by atoms with Gasteiger partial charge >= 0.3 is 5.97 Å². The van der Waals surface area contributed by atoms with Gasteiger partial charge in [-0.05, 0) is 62.4 Å². The molecule has 0 atom stereocenters. The molecule has 5 nitrogen and oxygen atoms in total. The molecular weight excluding hydrogens is 376 g/mol. The van der Waals surface area contributed by atoms with Crippen LogP contribution >= 0.6 is 0 Å². The number of carbonyl (C=O) groups is 2. The molecule has 0 N–H and O–H groups in total. The smallest absolute Gasteiger partial charge is 0.308 e. The highest BCUT2D eigenvalue weighted by molar-refractivity contribution is 5.96. The Balaban J connectivity index is 1.51. The molecule has 0 unspecified atom stereocenters. The minimum absolute atomic E-state index is 0.00807. The Hall–Kier alpha value is -3.08. The number of carbonyl (C=O) groups excluding carboxylic acids is 2. The van der Waals surface area contributed by atoms with E-state index < -0.39 is 0 Å². The van der Waals surface area contributed by atoms with Crippen LogP contribution in [-0.2, 0) is 11.8 Å². The molecule has 4 rings (SSSR count). The largest absolute Gasteiger partial charge is 0.426 e. The zero-order valence-electron chi connectivity index (χ0n) is 18.1. The van der Waals surface area contributed by atoms with Crippen LogP contribution in [0.5, 0.6) is 5.75 Å². The molecule has 2 aromatic carbocycles. The van der Waals surface area contributed by atoms with Gasteiger partial charge in [0.25, 0.3) is 5.91 Å². The first-order valence-corrected chi connectivity index (χ1v) is 10.5. The molecule has 1 fully saturated rings. The predicted molar refractivity (Wildman–Crippen MR) is 118 cm³/mol. The number of benzene rings is 2. The first-order chi connectivity index (χ1) is 14.3. The van der Waals surface area contributed by atoms with Crippen molar-refractivity contribution in [1.82, 2.24) is 9.47 Å². The first kappa shape index (κ1) is 20.2. The summed E-state index contributed by atoms with van der Waals surface area (Å²) in [6.45, 7) is 6.78. The maximum atomic E-state index is 13.1. The maximum Gasteiger partial charge on any atom is 0.308 e. The number of likely N-dealkylation sites (tertiary alicyclic amines) is 1. The summed E-state index contributed by atoms with van der Waals surface area (Å²) in [6, 6.07) is 11.9. The molecule has 1 saturated heterocycles. The van der Waals surface area contributed by atoms with Gasteiger partial charge < -0.3 is 14.2 Å². The first-order valence-electron chi connectivity index (χ1n) is 10.5. The summed E-state index contributed by atoms with van der Waals surface area (Å²) in [4.78, 5) is 26.4. The minimum atomic E-state index is -0.381. The summed E-state index contributed by atoms with van der Waals surface area (Å²) in [5, 5.41) is 1.33. The van der Waals surface area contributed by atoms with E-state index in [1.54, 1.807) is 12.1 Å². The molecule has 0 saturated carbocycles. The number of nitrogens with zero attached hydrogens (tertiary/aromatic N) is 2. The molecule has 0 aliphatic carbocycles. The Morgan fingerprint density at radius 3 is 2.50 bits per heavy atom. The zero-order valence-corrected chi connectivity index (χ0v) is 18.1. The molecule has 0 radical (unpaired) electrons. The third-order valence-electron chi connectivity index (χ3n) is 6.17. The average Bonchev–Trinajstić information content (AvgIpc) is 3.04. The molecule has 1 aliphatic heterocycles. The van der Waals surface area contributed by atoms with E-state index >= 15 is 0 Å². The standard InChI is InChI=1S/C25H28N2O3/c1-16-8-9-23-21(14-16)22(15-26(23)4)19-10-12-27(13-11-19)25(29)20-6-5-7-24(17(20)2)30-18(3)28/h5-9,14-15,19H,10-13H2,1-4H3.